The molecule has 0 heterocycles. The molecule has 0 aliphatic heterocycles. The van der Waals surface area contributed by atoms with Gasteiger partial charge in [-0.3, -0.25) is 4.72 Å². The molecule has 1 rings (SSSR count). The van der Waals surface area contributed by atoms with Crippen LogP contribution in [-0.4, -0.2) is 39.2 Å². The predicted molar refractivity (Wildman–Crippen MR) is 109 cm³/mol. The van der Waals surface area contributed by atoms with Gasteiger partial charge < -0.3 is 4.90 Å². The third-order valence-corrected chi connectivity index (χ3v) is 4.74. The summed E-state index contributed by atoms with van der Waals surface area (Å²) in [5.41, 5.74) is 1.61. The third kappa shape index (κ3) is 11.0. The third-order valence-electron chi connectivity index (χ3n) is 4.14. The highest BCUT2D eigenvalue weighted by Crippen LogP contribution is 2.13. The van der Waals surface area contributed by atoms with E-state index in [1.165, 1.54) is 38.6 Å². The zero-order valence-corrected chi connectivity index (χ0v) is 16.8. The quantitative estimate of drug-likeness (QED) is 0.512. The molecule has 25 heavy (non-hydrogen) atoms. The van der Waals surface area contributed by atoms with Crippen molar-refractivity contribution in [2.75, 3.05) is 30.6 Å². The average molecular weight is 367 g/mol. The van der Waals surface area contributed by atoms with Crippen molar-refractivity contribution >= 4 is 21.8 Å². The standard InChI is InChI=1S/C20H34N2O2S/c1-4-6-7-8-10-16-22(5-2)17-11-9-13-19-14-12-15-20(18-19)21-25(3,23)24/h9,12-15,18,21H,4-8,10-11,16-17H2,1-3H3. The number of rotatable bonds is 13. The van der Waals surface area contributed by atoms with Gasteiger partial charge in [0.1, 0.15) is 0 Å². The van der Waals surface area contributed by atoms with Gasteiger partial charge in [-0.05, 0) is 43.6 Å². The van der Waals surface area contributed by atoms with E-state index in [-0.39, 0.29) is 0 Å². The van der Waals surface area contributed by atoms with Crippen LogP contribution in [0.25, 0.3) is 6.08 Å². The fraction of sp³-hybridized carbons (Fsp3) is 0.600. The summed E-state index contributed by atoms with van der Waals surface area (Å²) in [6.45, 7) is 7.81. The maximum atomic E-state index is 11.3. The molecule has 0 bridgehead atoms. The van der Waals surface area contributed by atoms with Crippen LogP contribution in [0.3, 0.4) is 0 Å². The number of nitrogens with one attached hydrogen (secondary N) is 1. The van der Waals surface area contributed by atoms with Crippen LogP contribution in [0, 0.1) is 0 Å². The van der Waals surface area contributed by atoms with Gasteiger partial charge >= 0.3 is 0 Å². The van der Waals surface area contributed by atoms with Crippen LogP contribution in [0.15, 0.2) is 30.3 Å². The lowest BCUT2D eigenvalue weighted by Crippen LogP contribution is -2.25. The minimum absolute atomic E-state index is 0.604. The van der Waals surface area contributed by atoms with Crippen LogP contribution in [-0.2, 0) is 10.0 Å². The average Bonchev–Trinajstić information content (AvgIpc) is 2.55. The van der Waals surface area contributed by atoms with Crippen LogP contribution in [0.2, 0.25) is 0 Å². The van der Waals surface area contributed by atoms with Crippen molar-refractivity contribution in [3.63, 3.8) is 0 Å². The Kier molecular flexibility index (Phi) is 10.5. The van der Waals surface area contributed by atoms with E-state index in [2.05, 4.69) is 35.6 Å². The van der Waals surface area contributed by atoms with Crippen molar-refractivity contribution < 1.29 is 8.42 Å². The first-order valence-electron chi connectivity index (χ1n) is 9.41. The second-order valence-electron chi connectivity index (χ2n) is 6.54. The number of hydrogen-bond acceptors (Lipinski definition) is 3. The Balaban J connectivity index is 2.37. The summed E-state index contributed by atoms with van der Waals surface area (Å²) in [6.07, 6.45) is 13.0. The lowest BCUT2D eigenvalue weighted by molar-refractivity contribution is 0.286. The van der Waals surface area contributed by atoms with E-state index in [1.807, 2.05) is 18.2 Å². The molecule has 0 radical (unpaired) electrons. The van der Waals surface area contributed by atoms with Gasteiger partial charge in [0.2, 0.25) is 10.0 Å². The fourth-order valence-electron chi connectivity index (χ4n) is 2.76. The zero-order valence-electron chi connectivity index (χ0n) is 16.0. The summed E-state index contributed by atoms with van der Waals surface area (Å²) < 4.78 is 25.1. The monoisotopic (exact) mass is 366 g/mol. The van der Waals surface area contributed by atoms with Gasteiger partial charge in [0.25, 0.3) is 0 Å². The van der Waals surface area contributed by atoms with Gasteiger partial charge in [0.05, 0.1) is 6.26 Å². The minimum Gasteiger partial charge on any atom is -0.303 e. The molecule has 0 saturated carbocycles. The molecule has 0 aliphatic carbocycles. The summed E-state index contributed by atoms with van der Waals surface area (Å²) in [4.78, 5) is 2.50. The van der Waals surface area contributed by atoms with Crippen molar-refractivity contribution in [2.45, 2.75) is 52.4 Å². The second kappa shape index (κ2) is 12.1. The Morgan fingerprint density at radius 2 is 1.84 bits per heavy atom. The van der Waals surface area contributed by atoms with Crippen LogP contribution in [0.1, 0.15) is 57.9 Å². The summed E-state index contributed by atoms with van der Waals surface area (Å²) >= 11 is 0. The van der Waals surface area contributed by atoms with Crippen LogP contribution >= 0.6 is 0 Å². The Morgan fingerprint density at radius 3 is 2.52 bits per heavy atom. The van der Waals surface area contributed by atoms with Gasteiger partial charge in [-0.2, -0.15) is 0 Å². The molecule has 0 saturated heterocycles. The van der Waals surface area contributed by atoms with Crippen LogP contribution < -0.4 is 4.72 Å². The summed E-state index contributed by atoms with van der Waals surface area (Å²) in [6, 6.07) is 7.45. The topological polar surface area (TPSA) is 49.4 Å². The van der Waals surface area contributed by atoms with Gasteiger partial charge in [0.15, 0.2) is 0 Å². The lowest BCUT2D eigenvalue weighted by atomic mass is 10.1. The Bertz CT molecular complexity index is 612. The second-order valence-corrected chi connectivity index (χ2v) is 8.29. The molecule has 0 unspecified atom stereocenters. The summed E-state index contributed by atoms with van der Waals surface area (Å²) in [5, 5.41) is 0. The van der Waals surface area contributed by atoms with Crippen molar-refractivity contribution in [1.29, 1.82) is 0 Å². The SMILES string of the molecule is CCCCCCCN(CC)CCC=Cc1cccc(NS(C)(=O)=O)c1. The van der Waals surface area contributed by atoms with E-state index in [1.54, 1.807) is 6.07 Å². The van der Waals surface area contributed by atoms with Crippen molar-refractivity contribution in [3.8, 4) is 0 Å². The number of anilines is 1. The molecule has 1 N–H and O–H groups in total. The first-order chi connectivity index (χ1) is 11.9. The van der Waals surface area contributed by atoms with Gasteiger partial charge in [0, 0.05) is 12.2 Å². The van der Waals surface area contributed by atoms with Gasteiger partial charge in [-0.1, -0.05) is 63.8 Å². The zero-order chi connectivity index (χ0) is 18.5. The Morgan fingerprint density at radius 1 is 1.08 bits per heavy atom. The van der Waals surface area contributed by atoms with E-state index < -0.39 is 10.0 Å². The number of hydrogen-bond donors (Lipinski definition) is 1. The van der Waals surface area contributed by atoms with Crippen molar-refractivity contribution in [3.05, 3.63) is 35.9 Å². The molecule has 4 nitrogen and oxygen atoms in total. The molecule has 1 aromatic rings. The molecule has 5 heteroatoms. The van der Waals surface area contributed by atoms with Crippen LogP contribution in [0.4, 0.5) is 5.69 Å². The largest absolute Gasteiger partial charge is 0.303 e. The highest BCUT2D eigenvalue weighted by atomic mass is 32.2. The maximum Gasteiger partial charge on any atom is 0.229 e. The molecule has 0 aromatic heterocycles. The molecule has 142 valence electrons. The summed E-state index contributed by atoms with van der Waals surface area (Å²) in [7, 11) is -3.23. The van der Waals surface area contributed by atoms with E-state index >= 15 is 0 Å². The predicted octanol–water partition coefficient (Wildman–Crippen LogP) is 4.75. The van der Waals surface area contributed by atoms with Crippen molar-refractivity contribution in [2.24, 2.45) is 0 Å². The van der Waals surface area contributed by atoms with E-state index in [0.717, 1.165) is 31.3 Å². The van der Waals surface area contributed by atoms with Gasteiger partial charge in [-0.25, -0.2) is 8.42 Å². The smallest absolute Gasteiger partial charge is 0.229 e. The normalized spacial score (nSPS) is 12.2. The number of benzene rings is 1. The molecule has 1 aromatic carbocycles. The first-order valence-corrected chi connectivity index (χ1v) is 11.3. The lowest BCUT2D eigenvalue weighted by Gasteiger charge is -2.19. The number of sulfonamides is 1. The van der Waals surface area contributed by atoms with Crippen molar-refractivity contribution in [1.82, 2.24) is 4.90 Å². The van der Waals surface area contributed by atoms with Crippen LogP contribution in [0.5, 0.6) is 0 Å². The first kappa shape index (κ1) is 21.7. The molecular weight excluding hydrogens is 332 g/mol. The van der Waals surface area contributed by atoms with E-state index in [4.69, 9.17) is 0 Å². The molecule has 0 atom stereocenters. The number of nitrogens with zero attached hydrogens (tertiary/aromatic N) is 1. The summed E-state index contributed by atoms with van der Waals surface area (Å²) in [5.74, 6) is 0. The maximum absolute atomic E-state index is 11.3. The van der Waals surface area contributed by atoms with Gasteiger partial charge in [-0.15, -0.1) is 0 Å². The molecule has 0 fully saturated rings. The molecule has 0 aliphatic rings. The molecule has 0 spiro atoms. The van der Waals surface area contributed by atoms with E-state index in [0.29, 0.717) is 5.69 Å². The Hall–Kier alpha value is -1.33. The molecule has 0 amide bonds. The molecular formula is C20H34N2O2S. The Labute approximate surface area is 154 Å². The fourth-order valence-corrected chi connectivity index (χ4v) is 3.32. The van der Waals surface area contributed by atoms with E-state index in [9.17, 15) is 8.42 Å². The minimum atomic E-state index is -3.23. The number of unbranched alkanes of at least 4 members (excludes halogenated alkanes) is 4. The highest BCUT2D eigenvalue weighted by molar-refractivity contribution is 7.92. The highest BCUT2D eigenvalue weighted by Gasteiger charge is 2.02.